The van der Waals surface area contributed by atoms with Crippen LogP contribution in [0.2, 0.25) is 0 Å². The summed E-state index contributed by atoms with van der Waals surface area (Å²) in [5, 5.41) is 9.46. The molecule has 2 rings (SSSR count). The number of benzene rings is 1. The van der Waals surface area contributed by atoms with Crippen molar-refractivity contribution in [2.45, 2.75) is 32.1 Å². The molecule has 1 aliphatic rings. The van der Waals surface area contributed by atoms with Crippen molar-refractivity contribution in [2.75, 3.05) is 24.6 Å². The number of hydrogen-bond acceptors (Lipinski definition) is 2. The zero-order valence-corrected chi connectivity index (χ0v) is 10.5. The first-order valence-electron chi connectivity index (χ1n) is 6.20. The summed E-state index contributed by atoms with van der Waals surface area (Å²) in [6.07, 6.45) is 2.38. The summed E-state index contributed by atoms with van der Waals surface area (Å²) in [4.78, 5) is 2.28. The largest absolute Gasteiger partial charge is 0.395 e. The molecule has 0 spiro atoms. The van der Waals surface area contributed by atoms with Crippen molar-refractivity contribution >= 4 is 5.69 Å². The molecule has 0 atom stereocenters. The minimum Gasteiger partial charge on any atom is -0.395 e. The van der Waals surface area contributed by atoms with Crippen LogP contribution >= 0.6 is 0 Å². The molecule has 0 amide bonds. The van der Waals surface area contributed by atoms with E-state index in [1.165, 1.54) is 18.9 Å². The first-order valence-corrected chi connectivity index (χ1v) is 6.20. The Morgan fingerprint density at radius 2 is 1.94 bits per heavy atom. The van der Waals surface area contributed by atoms with Gasteiger partial charge in [0.2, 0.25) is 0 Å². The molecular formula is C14H20FNO. The minimum absolute atomic E-state index is 0.0251. The van der Waals surface area contributed by atoms with Gasteiger partial charge in [-0.3, -0.25) is 0 Å². The van der Waals surface area contributed by atoms with Crippen LogP contribution in [0.15, 0.2) is 18.2 Å². The zero-order valence-electron chi connectivity index (χ0n) is 10.5. The van der Waals surface area contributed by atoms with Gasteiger partial charge in [-0.25, -0.2) is 4.39 Å². The fourth-order valence-corrected chi connectivity index (χ4v) is 2.37. The van der Waals surface area contributed by atoms with Gasteiger partial charge in [0.25, 0.3) is 0 Å². The lowest BCUT2D eigenvalue weighted by molar-refractivity contribution is 0.218. The molecule has 0 saturated carbocycles. The van der Waals surface area contributed by atoms with Crippen molar-refractivity contribution < 1.29 is 9.50 Å². The predicted octanol–water partition coefficient (Wildman–Crippen LogP) is 2.70. The summed E-state index contributed by atoms with van der Waals surface area (Å²) in [7, 11) is 0. The number of halogens is 1. The molecule has 1 aromatic carbocycles. The van der Waals surface area contributed by atoms with E-state index in [1.54, 1.807) is 6.07 Å². The SMILES string of the molecule is CC(C)(CO)c1cc(F)ccc1N1CCCC1. The van der Waals surface area contributed by atoms with E-state index in [0.29, 0.717) is 0 Å². The van der Waals surface area contributed by atoms with Crippen molar-refractivity contribution in [1.29, 1.82) is 0 Å². The molecule has 1 saturated heterocycles. The quantitative estimate of drug-likeness (QED) is 0.873. The summed E-state index contributed by atoms with van der Waals surface area (Å²) >= 11 is 0. The number of hydrogen-bond donors (Lipinski definition) is 1. The van der Waals surface area contributed by atoms with Crippen LogP contribution in [0.1, 0.15) is 32.3 Å². The smallest absolute Gasteiger partial charge is 0.123 e. The molecule has 0 radical (unpaired) electrons. The molecule has 3 heteroatoms. The molecule has 0 aliphatic carbocycles. The Hall–Kier alpha value is -1.09. The highest BCUT2D eigenvalue weighted by atomic mass is 19.1. The highest BCUT2D eigenvalue weighted by Crippen LogP contribution is 2.34. The molecule has 94 valence electrons. The highest BCUT2D eigenvalue weighted by Gasteiger charge is 2.26. The average molecular weight is 237 g/mol. The van der Waals surface area contributed by atoms with Gasteiger partial charge in [0.15, 0.2) is 0 Å². The first kappa shape index (κ1) is 12.4. The first-order chi connectivity index (χ1) is 8.04. The third kappa shape index (κ3) is 2.44. The molecule has 17 heavy (non-hydrogen) atoms. The maximum atomic E-state index is 13.4. The second-order valence-corrected chi connectivity index (χ2v) is 5.40. The monoisotopic (exact) mass is 237 g/mol. The molecule has 0 unspecified atom stereocenters. The molecule has 1 fully saturated rings. The van der Waals surface area contributed by atoms with E-state index < -0.39 is 5.41 Å². The second kappa shape index (κ2) is 4.65. The van der Waals surface area contributed by atoms with Gasteiger partial charge in [-0.05, 0) is 36.6 Å². The summed E-state index contributed by atoms with van der Waals surface area (Å²) in [5.74, 6) is -0.232. The molecule has 1 aromatic rings. The Morgan fingerprint density at radius 3 is 2.53 bits per heavy atom. The van der Waals surface area contributed by atoms with Crippen molar-refractivity contribution in [2.24, 2.45) is 0 Å². The van der Waals surface area contributed by atoms with Gasteiger partial charge < -0.3 is 10.0 Å². The van der Waals surface area contributed by atoms with Gasteiger partial charge in [0.05, 0.1) is 6.61 Å². The normalized spacial score (nSPS) is 16.6. The van der Waals surface area contributed by atoms with E-state index >= 15 is 0 Å². The number of nitrogens with zero attached hydrogens (tertiary/aromatic N) is 1. The standard InChI is InChI=1S/C14H20FNO/c1-14(2,10-17)12-9-11(15)5-6-13(12)16-7-3-4-8-16/h5-6,9,17H,3-4,7-8,10H2,1-2H3. The molecule has 2 nitrogen and oxygen atoms in total. The van der Waals surface area contributed by atoms with Crippen molar-refractivity contribution in [1.82, 2.24) is 0 Å². The minimum atomic E-state index is -0.403. The fourth-order valence-electron chi connectivity index (χ4n) is 2.37. The Bertz CT molecular complexity index is 397. The highest BCUT2D eigenvalue weighted by molar-refractivity contribution is 5.57. The summed E-state index contributed by atoms with van der Waals surface area (Å²) in [6, 6.07) is 4.90. The van der Waals surface area contributed by atoms with Crippen molar-refractivity contribution in [3.8, 4) is 0 Å². The van der Waals surface area contributed by atoms with Gasteiger partial charge in [-0.1, -0.05) is 13.8 Å². The third-order valence-corrected chi connectivity index (χ3v) is 3.53. The molecule has 0 bridgehead atoms. The maximum absolute atomic E-state index is 13.4. The van der Waals surface area contributed by atoms with Crippen LogP contribution in [-0.2, 0) is 5.41 Å². The molecule has 1 heterocycles. The molecular weight excluding hydrogens is 217 g/mol. The van der Waals surface area contributed by atoms with Crippen molar-refractivity contribution in [3.05, 3.63) is 29.6 Å². The Morgan fingerprint density at radius 1 is 1.29 bits per heavy atom. The van der Waals surface area contributed by atoms with Gasteiger partial charge in [0.1, 0.15) is 5.82 Å². The topological polar surface area (TPSA) is 23.5 Å². The Labute approximate surface area is 102 Å². The lowest BCUT2D eigenvalue weighted by atomic mass is 9.84. The number of anilines is 1. The van der Waals surface area contributed by atoms with E-state index in [1.807, 2.05) is 19.9 Å². The second-order valence-electron chi connectivity index (χ2n) is 5.40. The number of rotatable bonds is 3. The van der Waals surface area contributed by atoms with E-state index in [9.17, 15) is 9.50 Å². The fraction of sp³-hybridized carbons (Fsp3) is 0.571. The molecule has 0 aromatic heterocycles. The summed E-state index contributed by atoms with van der Waals surface area (Å²) < 4.78 is 13.4. The zero-order chi connectivity index (χ0) is 12.5. The van der Waals surface area contributed by atoms with Crippen LogP contribution < -0.4 is 4.90 Å². The molecule has 1 N–H and O–H groups in total. The van der Waals surface area contributed by atoms with Crippen LogP contribution in [0.25, 0.3) is 0 Å². The van der Waals surface area contributed by atoms with Crippen LogP contribution in [0.4, 0.5) is 10.1 Å². The Kier molecular flexibility index (Phi) is 3.38. The van der Waals surface area contributed by atoms with Gasteiger partial charge in [0, 0.05) is 24.2 Å². The van der Waals surface area contributed by atoms with Gasteiger partial charge >= 0.3 is 0 Å². The number of aliphatic hydroxyl groups is 1. The molecule has 1 aliphatic heterocycles. The van der Waals surface area contributed by atoms with Crippen LogP contribution in [0.3, 0.4) is 0 Å². The summed E-state index contributed by atoms with van der Waals surface area (Å²) in [5.41, 5.74) is 1.57. The summed E-state index contributed by atoms with van der Waals surface area (Å²) in [6.45, 7) is 5.97. The van der Waals surface area contributed by atoms with E-state index in [-0.39, 0.29) is 12.4 Å². The van der Waals surface area contributed by atoms with Crippen LogP contribution in [0, 0.1) is 5.82 Å². The van der Waals surface area contributed by atoms with Gasteiger partial charge in [-0.15, -0.1) is 0 Å². The van der Waals surface area contributed by atoms with Gasteiger partial charge in [-0.2, -0.15) is 0 Å². The van der Waals surface area contributed by atoms with Crippen molar-refractivity contribution in [3.63, 3.8) is 0 Å². The third-order valence-electron chi connectivity index (χ3n) is 3.53. The lowest BCUT2D eigenvalue weighted by Crippen LogP contribution is -2.28. The predicted molar refractivity (Wildman–Crippen MR) is 68.0 cm³/mol. The van der Waals surface area contributed by atoms with E-state index in [4.69, 9.17) is 0 Å². The van der Waals surface area contributed by atoms with Crippen LogP contribution in [0.5, 0.6) is 0 Å². The lowest BCUT2D eigenvalue weighted by Gasteiger charge is -2.30. The number of aliphatic hydroxyl groups excluding tert-OH is 1. The average Bonchev–Trinajstić information content (AvgIpc) is 2.82. The maximum Gasteiger partial charge on any atom is 0.123 e. The van der Waals surface area contributed by atoms with Crippen LogP contribution in [-0.4, -0.2) is 24.8 Å². The Balaban J connectivity index is 2.43. The van der Waals surface area contributed by atoms with E-state index in [0.717, 1.165) is 24.3 Å². The van der Waals surface area contributed by atoms with E-state index in [2.05, 4.69) is 4.90 Å².